The normalized spacial score (nSPS) is 16.5. The summed E-state index contributed by atoms with van der Waals surface area (Å²) in [6.07, 6.45) is 2.64. The number of carboxylic acid groups (broad SMARTS) is 1. The first-order valence-electron chi connectivity index (χ1n) is 6.65. The number of aromatic nitrogens is 2. The molecule has 2 rings (SSSR count). The molecular formula is C13H20N4O2. The van der Waals surface area contributed by atoms with E-state index < -0.39 is 5.97 Å². The summed E-state index contributed by atoms with van der Waals surface area (Å²) >= 11 is 0. The highest BCUT2D eigenvalue weighted by Crippen LogP contribution is 2.21. The van der Waals surface area contributed by atoms with Gasteiger partial charge in [0.1, 0.15) is 5.82 Å². The Labute approximate surface area is 112 Å². The smallest absolute Gasteiger partial charge is 0.356 e. The molecule has 1 aliphatic rings. The molecule has 0 radical (unpaired) electrons. The van der Waals surface area contributed by atoms with Crippen LogP contribution in [0.25, 0.3) is 0 Å². The van der Waals surface area contributed by atoms with Crippen LogP contribution in [0, 0.1) is 0 Å². The van der Waals surface area contributed by atoms with E-state index in [9.17, 15) is 9.90 Å². The number of aromatic carboxylic acids is 1. The Bertz CT molecular complexity index is 454. The van der Waals surface area contributed by atoms with Crippen molar-refractivity contribution >= 4 is 11.7 Å². The first-order valence-corrected chi connectivity index (χ1v) is 6.65. The van der Waals surface area contributed by atoms with Gasteiger partial charge in [0.05, 0.1) is 11.9 Å². The van der Waals surface area contributed by atoms with E-state index in [1.54, 1.807) is 6.20 Å². The summed E-state index contributed by atoms with van der Waals surface area (Å²) in [6.45, 7) is 7.34. The molecule has 1 saturated heterocycles. The molecule has 2 heterocycles. The second-order valence-electron chi connectivity index (χ2n) is 5.01. The molecule has 0 saturated carbocycles. The zero-order chi connectivity index (χ0) is 13.8. The molecule has 0 bridgehead atoms. The van der Waals surface area contributed by atoms with Crippen LogP contribution in [-0.2, 0) is 0 Å². The summed E-state index contributed by atoms with van der Waals surface area (Å²) < 4.78 is 0. The fraction of sp³-hybridized carbons (Fsp3) is 0.615. The van der Waals surface area contributed by atoms with Crippen molar-refractivity contribution in [1.29, 1.82) is 0 Å². The number of hydrogen-bond acceptors (Lipinski definition) is 5. The maximum Gasteiger partial charge on any atom is 0.356 e. The highest BCUT2D eigenvalue weighted by atomic mass is 16.4. The van der Waals surface area contributed by atoms with Crippen LogP contribution < -0.4 is 10.2 Å². The summed E-state index contributed by atoms with van der Waals surface area (Å²) in [5, 5.41) is 12.6. The third-order valence-electron chi connectivity index (χ3n) is 3.19. The Balaban J connectivity index is 2.35. The summed E-state index contributed by atoms with van der Waals surface area (Å²) in [6, 6.07) is 0. The summed E-state index contributed by atoms with van der Waals surface area (Å²) in [5.74, 6) is -0.288. The zero-order valence-electron chi connectivity index (χ0n) is 11.4. The van der Waals surface area contributed by atoms with Crippen molar-refractivity contribution < 1.29 is 9.90 Å². The summed E-state index contributed by atoms with van der Waals surface area (Å²) in [4.78, 5) is 21.9. The van der Waals surface area contributed by atoms with Crippen LogP contribution in [0.1, 0.15) is 42.5 Å². The van der Waals surface area contributed by atoms with Crippen molar-refractivity contribution in [3.05, 3.63) is 17.7 Å². The van der Waals surface area contributed by atoms with E-state index in [0.29, 0.717) is 11.5 Å². The monoisotopic (exact) mass is 264 g/mol. The predicted molar refractivity (Wildman–Crippen MR) is 72.8 cm³/mol. The lowest BCUT2D eigenvalue weighted by atomic mass is 10.2. The van der Waals surface area contributed by atoms with E-state index in [0.717, 1.165) is 32.6 Å². The van der Waals surface area contributed by atoms with Gasteiger partial charge in [-0.15, -0.1) is 0 Å². The quantitative estimate of drug-likeness (QED) is 0.851. The van der Waals surface area contributed by atoms with E-state index in [2.05, 4.69) is 15.3 Å². The molecule has 0 aromatic carbocycles. The lowest BCUT2D eigenvalue weighted by molar-refractivity contribution is 0.0690. The highest BCUT2D eigenvalue weighted by molar-refractivity contribution is 5.92. The average Bonchev–Trinajstić information content (AvgIpc) is 2.66. The van der Waals surface area contributed by atoms with Crippen molar-refractivity contribution in [2.75, 3.05) is 31.1 Å². The van der Waals surface area contributed by atoms with E-state index in [1.165, 1.54) is 0 Å². The third-order valence-corrected chi connectivity index (χ3v) is 3.19. The van der Waals surface area contributed by atoms with Gasteiger partial charge in [-0.1, -0.05) is 13.8 Å². The van der Waals surface area contributed by atoms with Crippen LogP contribution in [0.15, 0.2) is 6.20 Å². The third kappa shape index (κ3) is 3.20. The van der Waals surface area contributed by atoms with E-state index in [4.69, 9.17) is 0 Å². The molecule has 1 aromatic heterocycles. The number of anilines is 1. The Morgan fingerprint density at radius 1 is 1.42 bits per heavy atom. The fourth-order valence-electron chi connectivity index (χ4n) is 2.14. The molecular weight excluding hydrogens is 244 g/mol. The molecule has 1 aromatic rings. The summed E-state index contributed by atoms with van der Waals surface area (Å²) in [7, 11) is 0. The van der Waals surface area contributed by atoms with E-state index in [1.807, 2.05) is 18.7 Å². The predicted octanol–water partition coefficient (Wildman–Crippen LogP) is 1.10. The number of hydrogen-bond donors (Lipinski definition) is 2. The maximum atomic E-state index is 11.4. The molecule has 104 valence electrons. The van der Waals surface area contributed by atoms with Crippen molar-refractivity contribution in [3.8, 4) is 0 Å². The largest absolute Gasteiger partial charge is 0.476 e. The minimum Gasteiger partial charge on any atom is -0.476 e. The molecule has 0 amide bonds. The SMILES string of the molecule is CC(C)c1ncc(N2CCCNCC2)c(C(=O)O)n1. The van der Waals surface area contributed by atoms with Crippen LogP contribution in [0.3, 0.4) is 0 Å². The van der Waals surface area contributed by atoms with Crippen LogP contribution in [0.4, 0.5) is 5.69 Å². The van der Waals surface area contributed by atoms with Gasteiger partial charge in [0, 0.05) is 25.6 Å². The van der Waals surface area contributed by atoms with Crippen molar-refractivity contribution in [3.63, 3.8) is 0 Å². The topological polar surface area (TPSA) is 78.4 Å². The molecule has 0 aliphatic carbocycles. The van der Waals surface area contributed by atoms with Crippen molar-refractivity contribution in [2.24, 2.45) is 0 Å². The number of nitrogens with zero attached hydrogens (tertiary/aromatic N) is 3. The average molecular weight is 264 g/mol. The lowest BCUT2D eigenvalue weighted by Gasteiger charge is -2.23. The number of nitrogens with one attached hydrogen (secondary N) is 1. The Hall–Kier alpha value is -1.69. The fourth-order valence-corrected chi connectivity index (χ4v) is 2.14. The van der Waals surface area contributed by atoms with Crippen LogP contribution in [0.5, 0.6) is 0 Å². The van der Waals surface area contributed by atoms with Gasteiger partial charge in [-0.3, -0.25) is 0 Å². The number of carboxylic acids is 1. The molecule has 6 heteroatoms. The van der Waals surface area contributed by atoms with Crippen molar-refractivity contribution in [1.82, 2.24) is 15.3 Å². The van der Waals surface area contributed by atoms with Gasteiger partial charge in [-0.25, -0.2) is 14.8 Å². The highest BCUT2D eigenvalue weighted by Gasteiger charge is 2.20. The molecule has 0 unspecified atom stereocenters. The van der Waals surface area contributed by atoms with Gasteiger partial charge in [0.25, 0.3) is 0 Å². The molecule has 6 nitrogen and oxygen atoms in total. The molecule has 1 aliphatic heterocycles. The molecule has 19 heavy (non-hydrogen) atoms. The molecule has 2 N–H and O–H groups in total. The second-order valence-corrected chi connectivity index (χ2v) is 5.01. The standard InChI is InChI=1S/C13H20N4O2/c1-9(2)12-15-8-10(11(16-12)13(18)19)17-6-3-4-14-5-7-17/h8-9,14H,3-7H2,1-2H3,(H,18,19). The van der Waals surface area contributed by atoms with Gasteiger partial charge < -0.3 is 15.3 Å². The molecule has 1 fully saturated rings. The number of rotatable bonds is 3. The molecule has 0 spiro atoms. The molecule has 0 atom stereocenters. The first kappa shape index (κ1) is 13.7. The Kier molecular flexibility index (Phi) is 4.31. The van der Waals surface area contributed by atoms with Gasteiger partial charge in [0.2, 0.25) is 0 Å². The lowest BCUT2D eigenvalue weighted by Crippen LogP contribution is -2.30. The Morgan fingerprint density at radius 3 is 2.89 bits per heavy atom. The minimum atomic E-state index is -0.989. The minimum absolute atomic E-state index is 0.112. The van der Waals surface area contributed by atoms with Gasteiger partial charge >= 0.3 is 5.97 Å². The second kappa shape index (κ2) is 5.97. The van der Waals surface area contributed by atoms with Crippen molar-refractivity contribution in [2.45, 2.75) is 26.2 Å². The van der Waals surface area contributed by atoms with E-state index in [-0.39, 0.29) is 11.6 Å². The van der Waals surface area contributed by atoms with Gasteiger partial charge in [-0.05, 0) is 13.0 Å². The van der Waals surface area contributed by atoms with E-state index >= 15 is 0 Å². The summed E-state index contributed by atoms with van der Waals surface area (Å²) in [5.41, 5.74) is 0.737. The first-order chi connectivity index (χ1) is 9.09. The van der Waals surface area contributed by atoms with Gasteiger partial charge in [0.15, 0.2) is 5.69 Å². The number of carbonyl (C=O) groups is 1. The van der Waals surface area contributed by atoms with Crippen LogP contribution in [0.2, 0.25) is 0 Å². The Morgan fingerprint density at radius 2 is 2.21 bits per heavy atom. The van der Waals surface area contributed by atoms with Gasteiger partial charge in [-0.2, -0.15) is 0 Å². The van der Waals surface area contributed by atoms with Crippen LogP contribution in [-0.4, -0.2) is 47.2 Å². The maximum absolute atomic E-state index is 11.4. The van der Waals surface area contributed by atoms with Crippen LogP contribution >= 0.6 is 0 Å². The zero-order valence-corrected chi connectivity index (χ0v) is 11.4.